The average Bonchev–Trinajstić information content (AvgIpc) is 2.96. The van der Waals surface area contributed by atoms with Gasteiger partial charge in [0.05, 0.1) is 6.04 Å². The van der Waals surface area contributed by atoms with E-state index in [0.717, 1.165) is 12.8 Å². The molecule has 6 N–H and O–H groups in total. The van der Waals surface area contributed by atoms with Gasteiger partial charge >= 0.3 is 5.97 Å². The molecule has 0 heterocycles. The highest BCUT2D eigenvalue weighted by Gasteiger charge is 2.30. The predicted octanol–water partition coefficient (Wildman–Crippen LogP) is 3.26. The zero-order valence-corrected chi connectivity index (χ0v) is 27.4. The van der Waals surface area contributed by atoms with Gasteiger partial charge in [0, 0.05) is 32.0 Å². The Kier molecular flexibility index (Phi) is 18.8. The van der Waals surface area contributed by atoms with Gasteiger partial charge in [0.15, 0.2) is 0 Å². The van der Waals surface area contributed by atoms with Crippen molar-refractivity contribution < 1.29 is 29.1 Å². The highest BCUT2D eigenvalue weighted by molar-refractivity contribution is 5.92. The van der Waals surface area contributed by atoms with Gasteiger partial charge in [-0.3, -0.25) is 24.0 Å². The van der Waals surface area contributed by atoms with Gasteiger partial charge in [-0.15, -0.1) is 0 Å². The van der Waals surface area contributed by atoms with Crippen LogP contribution in [0.3, 0.4) is 0 Å². The van der Waals surface area contributed by atoms with Crippen LogP contribution >= 0.6 is 0 Å². The Balaban J connectivity index is 2.78. The Morgan fingerprint density at radius 1 is 0.837 bits per heavy atom. The van der Waals surface area contributed by atoms with Crippen LogP contribution in [-0.4, -0.2) is 72.0 Å². The molecule has 0 bridgehead atoms. The first-order valence-corrected chi connectivity index (χ1v) is 16.5. The van der Waals surface area contributed by atoms with Gasteiger partial charge in [-0.2, -0.15) is 0 Å². The molecule has 11 nitrogen and oxygen atoms in total. The van der Waals surface area contributed by atoms with E-state index >= 15 is 0 Å². The summed E-state index contributed by atoms with van der Waals surface area (Å²) in [6, 6.07) is -2.26. The standard InChI is InChI=1S/C32H59N5O6/c1-7-13-26(36-32(43)29(22(5)8-2)37-27(38)16-12-17-28(39)40)31(42)35-25(18-21(3)4)20-33-23(6)30(41)34-19-24-14-10-9-11-15-24/h21-26,29,33H,7-20H2,1-6H3,(H,34,41)(H,35,42)(H,36,43)(H,37,38)(H,39,40)/t22-,23?,25-,26-,29-/m0/s1. The van der Waals surface area contributed by atoms with Crippen LogP contribution in [0.25, 0.3) is 0 Å². The van der Waals surface area contributed by atoms with Crippen molar-refractivity contribution >= 4 is 29.6 Å². The van der Waals surface area contributed by atoms with Crippen LogP contribution in [-0.2, 0) is 24.0 Å². The van der Waals surface area contributed by atoms with Crippen molar-refractivity contribution in [1.29, 1.82) is 0 Å². The second-order valence-electron chi connectivity index (χ2n) is 12.7. The van der Waals surface area contributed by atoms with E-state index in [1.807, 2.05) is 27.7 Å². The van der Waals surface area contributed by atoms with Gasteiger partial charge in [0.1, 0.15) is 12.1 Å². The van der Waals surface area contributed by atoms with Crippen molar-refractivity contribution in [3.05, 3.63) is 0 Å². The SMILES string of the molecule is CCC[C@H](NC(=O)[C@@H](NC(=O)CCCC(=O)O)[C@@H](C)CC)C(=O)N[C@H](CNC(C)C(=O)NCC1CCCCC1)CC(C)C. The minimum Gasteiger partial charge on any atom is -0.481 e. The molecule has 0 spiro atoms. The van der Waals surface area contributed by atoms with E-state index in [1.165, 1.54) is 19.3 Å². The molecule has 4 amide bonds. The molecule has 0 aromatic rings. The average molecular weight is 610 g/mol. The van der Waals surface area contributed by atoms with E-state index in [-0.39, 0.29) is 43.0 Å². The van der Waals surface area contributed by atoms with E-state index in [2.05, 4.69) is 40.4 Å². The van der Waals surface area contributed by atoms with Crippen LogP contribution < -0.4 is 26.6 Å². The first-order valence-electron chi connectivity index (χ1n) is 16.5. The molecule has 1 aliphatic carbocycles. The molecular formula is C32H59N5O6. The lowest BCUT2D eigenvalue weighted by Crippen LogP contribution is -2.57. The molecule has 1 saturated carbocycles. The Morgan fingerprint density at radius 2 is 1.51 bits per heavy atom. The van der Waals surface area contributed by atoms with Gasteiger partial charge in [-0.05, 0) is 56.8 Å². The summed E-state index contributed by atoms with van der Waals surface area (Å²) in [5.74, 6) is -1.48. The molecule has 1 unspecified atom stereocenters. The molecule has 1 fully saturated rings. The highest BCUT2D eigenvalue weighted by atomic mass is 16.4. The topological polar surface area (TPSA) is 166 Å². The molecule has 0 aromatic carbocycles. The maximum Gasteiger partial charge on any atom is 0.303 e. The number of carboxylic acids is 1. The molecule has 11 heteroatoms. The second kappa shape index (κ2) is 21.1. The minimum atomic E-state index is -0.976. The molecule has 0 aliphatic heterocycles. The number of hydrogen-bond acceptors (Lipinski definition) is 6. The first-order chi connectivity index (χ1) is 20.4. The number of carboxylic acid groups (broad SMARTS) is 1. The van der Waals surface area contributed by atoms with Gasteiger partial charge < -0.3 is 31.7 Å². The fourth-order valence-electron chi connectivity index (χ4n) is 5.43. The third-order valence-electron chi connectivity index (χ3n) is 8.27. The molecule has 0 radical (unpaired) electrons. The van der Waals surface area contributed by atoms with E-state index in [4.69, 9.17) is 5.11 Å². The third kappa shape index (κ3) is 16.1. The fraction of sp³-hybridized carbons (Fsp3) is 0.844. The number of rotatable bonds is 21. The smallest absolute Gasteiger partial charge is 0.303 e. The molecular weight excluding hydrogens is 550 g/mol. The predicted molar refractivity (Wildman–Crippen MR) is 168 cm³/mol. The Labute approximate surface area is 258 Å². The Morgan fingerprint density at radius 3 is 2.09 bits per heavy atom. The molecule has 0 saturated heterocycles. The molecule has 5 atom stereocenters. The lowest BCUT2D eigenvalue weighted by Gasteiger charge is -2.28. The zero-order chi connectivity index (χ0) is 32.4. The number of carbonyl (C=O) groups is 5. The van der Waals surface area contributed by atoms with Crippen LogP contribution in [0, 0.1) is 17.8 Å². The zero-order valence-electron chi connectivity index (χ0n) is 27.4. The van der Waals surface area contributed by atoms with E-state index in [9.17, 15) is 24.0 Å². The summed E-state index contributed by atoms with van der Waals surface area (Å²) in [6.45, 7) is 12.8. The van der Waals surface area contributed by atoms with Crippen LogP contribution in [0.15, 0.2) is 0 Å². The normalized spacial score (nSPS) is 17.3. The number of hydrogen-bond donors (Lipinski definition) is 6. The minimum absolute atomic E-state index is 0.00625. The first kappa shape index (κ1) is 38.3. The third-order valence-corrected chi connectivity index (χ3v) is 8.27. The van der Waals surface area contributed by atoms with Crippen LogP contribution in [0.2, 0.25) is 0 Å². The van der Waals surface area contributed by atoms with Gasteiger partial charge in [-0.1, -0.05) is 66.7 Å². The van der Waals surface area contributed by atoms with E-state index < -0.39 is 35.9 Å². The van der Waals surface area contributed by atoms with Gasteiger partial charge in [0.25, 0.3) is 0 Å². The lowest BCUT2D eigenvalue weighted by molar-refractivity contribution is -0.137. The number of nitrogens with one attached hydrogen (secondary N) is 5. The van der Waals surface area contributed by atoms with Crippen molar-refractivity contribution in [3.8, 4) is 0 Å². The molecule has 1 rings (SSSR count). The molecule has 248 valence electrons. The number of carbonyl (C=O) groups excluding carboxylic acids is 4. The second-order valence-corrected chi connectivity index (χ2v) is 12.7. The van der Waals surface area contributed by atoms with Gasteiger partial charge in [0.2, 0.25) is 23.6 Å². The number of amides is 4. The summed E-state index contributed by atoms with van der Waals surface area (Å²) in [5.41, 5.74) is 0. The summed E-state index contributed by atoms with van der Waals surface area (Å²) in [7, 11) is 0. The molecule has 0 aromatic heterocycles. The summed E-state index contributed by atoms with van der Waals surface area (Å²) >= 11 is 0. The van der Waals surface area contributed by atoms with Crippen molar-refractivity contribution in [2.24, 2.45) is 17.8 Å². The summed E-state index contributed by atoms with van der Waals surface area (Å²) in [5, 5.41) is 23.9. The largest absolute Gasteiger partial charge is 0.481 e. The van der Waals surface area contributed by atoms with Crippen LogP contribution in [0.5, 0.6) is 0 Å². The monoisotopic (exact) mass is 609 g/mol. The van der Waals surface area contributed by atoms with Crippen LogP contribution in [0.4, 0.5) is 0 Å². The van der Waals surface area contributed by atoms with Crippen molar-refractivity contribution in [2.75, 3.05) is 13.1 Å². The van der Waals surface area contributed by atoms with E-state index in [0.29, 0.717) is 50.6 Å². The highest BCUT2D eigenvalue weighted by Crippen LogP contribution is 2.22. The molecule has 1 aliphatic rings. The van der Waals surface area contributed by atoms with E-state index in [1.54, 1.807) is 0 Å². The van der Waals surface area contributed by atoms with Crippen molar-refractivity contribution in [3.63, 3.8) is 0 Å². The Bertz CT molecular complexity index is 876. The maximum absolute atomic E-state index is 13.4. The lowest BCUT2D eigenvalue weighted by atomic mass is 9.89. The summed E-state index contributed by atoms with van der Waals surface area (Å²) in [4.78, 5) is 62.7. The summed E-state index contributed by atoms with van der Waals surface area (Å²) in [6.07, 6.45) is 8.55. The Hall–Kier alpha value is -2.69. The van der Waals surface area contributed by atoms with Crippen LogP contribution in [0.1, 0.15) is 119 Å². The quantitative estimate of drug-likeness (QED) is 0.116. The summed E-state index contributed by atoms with van der Waals surface area (Å²) < 4.78 is 0. The van der Waals surface area contributed by atoms with Gasteiger partial charge in [-0.25, -0.2) is 0 Å². The molecule has 43 heavy (non-hydrogen) atoms. The fourth-order valence-corrected chi connectivity index (χ4v) is 5.43. The van der Waals surface area contributed by atoms with Crippen molar-refractivity contribution in [2.45, 2.75) is 143 Å². The number of aliphatic carboxylic acids is 1. The van der Waals surface area contributed by atoms with Crippen molar-refractivity contribution in [1.82, 2.24) is 26.6 Å². The maximum atomic E-state index is 13.4.